The molecule has 0 spiro atoms. The highest BCUT2D eigenvalue weighted by atomic mass is 19.3. The van der Waals surface area contributed by atoms with E-state index in [9.17, 15) is 28.0 Å². The molecular formula is C22H27F2N3O7. The number of fused-ring (bicyclic) bond motifs is 1. The van der Waals surface area contributed by atoms with Gasteiger partial charge in [0.25, 0.3) is 5.91 Å². The van der Waals surface area contributed by atoms with Gasteiger partial charge < -0.3 is 25.2 Å². The largest absolute Gasteiger partial charge is 0.482 e. The maximum absolute atomic E-state index is 14.2. The Morgan fingerprint density at radius 1 is 1.29 bits per heavy atom. The molecule has 10 nitrogen and oxygen atoms in total. The average Bonchev–Trinajstić information content (AvgIpc) is 3.17. The fourth-order valence-electron chi connectivity index (χ4n) is 3.93. The zero-order chi connectivity index (χ0) is 25.4. The monoisotopic (exact) mass is 483 g/mol. The van der Waals surface area contributed by atoms with Crippen LogP contribution in [0.5, 0.6) is 5.75 Å². The number of carbonyl (C=O) groups excluding carboxylic acids is 3. The Kier molecular flexibility index (Phi) is 6.72. The number of benzene rings is 1. The van der Waals surface area contributed by atoms with Crippen LogP contribution in [0.4, 0.5) is 13.6 Å². The van der Waals surface area contributed by atoms with Crippen molar-refractivity contribution in [1.82, 2.24) is 9.80 Å². The van der Waals surface area contributed by atoms with Gasteiger partial charge >= 0.3 is 18.0 Å². The van der Waals surface area contributed by atoms with E-state index in [1.165, 1.54) is 23.1 Å². The molecule has 0 aromatic heterocycles. The Labute approximate surface area is 194 Å². The SMILES string of the molecule is CC(C)(C)OC(=O)CCC(C(N)=O)N1Cc2cc(OC3CN(C(=O)O)CC3(F)F)ccc2C1=O. The quantitative estimate of drug-likeness (QED) is 0.566. The van der Waals surface area contributed by atoms with E-state index in [0.717, 1.165) is 0 Å². The molecule has 3 N–H and O–H groups in total. The number of primary amides is 1. The maximum atomic E-state index is 14.2. The van der Waals surface area contributed by atoms with E-state index < -0.39 is 60.6 Å². The van der Waals surface area contributed by atoms with E-state index in [1.807, 2.05) is 0 Å². The molecule has 0 saturated carbocycles. The molecule has 2 heterocycles. The third-order valence-electron chi connectivity index (χ3n) is 5.46. The lowest BCUT2D eigenvalue weighted by atomic mass is 10.1. The molecule has 1 aromatic carbocycles. The zero-order valence-electron chi connectivity index (χ0n) is 19.0. The van der Waals surface area contributed by atoms with Crippen LogP contribution < -0.4 is 10.5 Å². The normalized spacial score (nSPS) is 20.1. The lowest BCUT2D eigenvalue weighted by molar-refractivity contribution is -0.155. The van der Waals surface area contributed by atoms with E-state index in [1.54, 1.807) is 20.8 Å². The zero-order valence-corrected chi connectivity index (χ0v) is 19.0. The Hall–Kier alpha value is -3.44. The fraction of sp³-hybridized carbons (Fsp3) is 0.545. The Bertz CT molecular complexity index is 1010. The summed E-state index contributed by atoms with van der Waals surface area (Å²) in [7, 11) is 0. The fourth-order valence-corrected chi connectivity index (χ4v) is 3.93. The van der Waals surface area contributed by atoms with Crippen LogP contribution in [-0.2, 0) is 20.9 Å². The van der Waals surface area contributed by atoms with E-state index in [2.05, 4.69) is 0 Å². The lowest BCUT2D eigenvalue weighted by Crippen LogP contribution is -2.45. The van der Waals surface area contributed by atoms with Crippen LogP contribution >= 0.6 is 0 Å². The maximum Gasteiger partial charge on any atom is 0.407 e. The third-order valence-corrected chi connectivity index (χ3v) is 5.46. The molecule has 34 heavy (non-hydrogen) atoms. The summed E-state index contributed by atoms with van der Waals surface area (Å²) in [6.45, 7) is 3.61. The topological polar surface area (TPSA) is 139 Å². The highest BCUT2D eigenvalue weighted by molar-refractivity contribution is 6.01. The molecule has 0 radical (unpaired) electrons. The summed E-state index contributed by atoms with van der Waals surface area (Å²) < 4.78 is 38.9. The van der Waals surface area contributed by atoms with Crippen molar-refractivity contribution in [3.8, 4) is 5.75 Å². The predicted octanol–water partition coefficient (Wildman–Crippen LogP) is 1.99. The highest BCUT2D eigenvalue weighted by Gasteiger charge is 2.51. The van der Waals surface area contributed by atoms with Crippen molar-refractivity contribution in [2.75, 3.05) is 13.1 Å². The van der Waals surface area contributed by atoms with Crippen molar-refractivity contribution in [1.29, 1.82) is 0 Å². The van der Waals surface area contributed by atoms with Crippen molar-refractivity contribution < 1.29 is 42.5 Å². The number of nitrogens with two attached hydrogens (primary N) is 1. The molecule has 1 saturated heterocycles. The molecule has 3 rings (SSSR count). The van der Waals surface area contributed by atoms with Crippen molar-refractivity contribution in [2.24, 2.45) is 5.73 Å². The van der Waals surface area contributed by atoms with Crippen molar-refractivity contribution in [3.63, 3.8) is 0 Å². The van der Waals surface area contributed by atoms with Crippen LogP contribution in [0.1, 0.15) is 49.5 Å². The molecule has 2 atom stereocenters. The van der Waals surface area contributed by atoms with E-state index in [0.29, 0.717) is 10.5 Å². The van der Waals surface area contributed by atoms with Gasteiger partial charge in [-0.25, -0.2) is 13.6 Å². The number of ether oxygens (including phenoxy) is 2. The second-order valence-corrected chi connectivity index (χ2v) is 9.33. The number of alkyl halides is 2. The minimum absolute atomic E-state index is 0.0321. The van der Waals surface area contributed by atoms with Crippen LogP contribution in [0.15, 0.2) is 18.2 Å². The number of hydrogen-bond donors (Lipinski definition) is 2. The minimum atomic E-state index is -3.38. The van der Waals surface area contributed by atoms with Gasteiger partial charge in [-0.1, -0.05) is 0 Å². The number of hydrogen-bond acceptors (Lipinski definition) is 6. The molecule has 12 heteroatoms. The first kappa shape index (κ1) is 25.2. The first-order valence-electron chi connectivity index (χ1n) is 10.7. The van der Waals surface area contributed by atoms with Gasteiger partial charge in [-0.05, 0) is 51.0 Å². The number of likely N-dealkylation sites (tertiary alicyclic amines) is 1. The average molecular weight is 483 g/mol. The lowest BCUT2D eigenvalue weighted by Gasteiger charge is -2.25. The standard InChI is InChI=1S/C22H27F2N3O7/c1-21(2,3)34-17(28)7-6-15(18(25)29)27-9-12-8-13(4-5-14(12)19(27)30)33-16-10-26(20(31)32)11-22(16,23)24/h4-5,8,15-16H,6-7,9-11H2,1-3H3,(H2,25,29)(H,31,32). The summed E-state index contributed by atoms with van der Waals surface area (Å²) in [5.74, 6) is -5.16. The highest BCUT2D eigenvalue weighted by Crippen LogP contribution is 2.34. The smallest absolute Gasteiger partial charge is 0.407 e. The summed E-state index contributed by atoms with van der Waals surface area (Å²) in [6, 6.07) is 3.05. The van der Waals surface area contributed by atoms with E-state index >= 15 is 0 Å². The minimum Gasteiger partial charge on any atom is -0.482 e. The van der Waals surface area contributed by atoms with Gasteiger partial charge in [0.1, 0.15) is 17.4 Å². The Morgan fingerprint density at radius 2 is 1.97 bits per heavy atom. The molecule has 0 aliphatic carbocycles. The molecule has 2 aliphatic heterocycles. The van der Waals surface area contributed by atoms with Crippen LogP contribution in [0.2, 0.25) is 0 Å². The number of halogens is 2. The number of amides is 3. The number of rotatable bonds is 7. The van der Waals surface area contributed by atoms with Crippen LogP contribution in [0.25, 0.3) is 0 Å². The van der Waals surface area contributed by atoms with Gasteiger partial charge in [0, 0.05) is 18.5 Å². The number of nitrogens with zero attached hydrogens (tertiary/aromatic N) is 2. The van der Waals surface area contributed by atoms with Gasteiger partial charge in [-0.15, -0.1) is 0 Å². The number of carbonyl (C=O) groups is 4. The molecule has 3 amide bonds. The van der Waals surface area contributed by atoms with Crippen molar-refractivity contribution in [3.05, 3.63) is 29.3 Å². The first-order valence-corrected chi connectivity index (χ1v) is 10.7. The molecule has 186 valence electrons. The van der Waals surface area contributed by atoms with E-state index in [-0.39, 0.29) is 30.7 Å². The molecule has 1 aromatic rings. The van der Waals surface area contributed by atoms with Crippen LogP contribution in [0, 0.1) is 0 Å². The molecule has 2 aliphatic rings. The summed E-state index contributed by atoms with van der Waals surface area (Å²) >= 11 is 0. The molecule has 0 bridgehead atoms. The Balaban J connectivity index is 1.70. The number of carboxylic acid groups (broad SMARTS) is 1. The second kappa shape index (κ2) is 9.07. The van der Waals surface area contributed by atoms with Crippen molar-refractivity contribution in [2.45, 2.75) is 63.8 Å². The Morgan fingerprint density at radius 3 is 2.53 bits per heavy atom. The van der Waals surface area contributed by atoms with Gasteiger partial charge in [0.15, 0.2) is 6.10 Å². The van der Waals surface area contributed by atoms with Gasteiger partial charge in [-0.2, -0.15) is 0 Å². The summed E-state index contributed by atoms with van der Waals surface area (Å²) in [5, 5.41) is 8.97. The molecule has 2 unspecified atom stereocenters. The van der Waals surface area contributed by atoms with Gasteiger partial charge in [0.2, 0.25) is 5.91 Å². The molecular weight excluding hydrogens is 456 g/mol. The molecule has 1 fully saturated rings. The van der Waals surface area contributed by atoms with Crippen molar-refractivity contribution >= 4 is 23.9 Å². The number of esters is 1. The third kappa shape index (κ3) is 5.54. The van der Waals surface area contributed by atoms with Crippen LogP contribution in [0.3, 0.4) is 0 Å². The van der Waals surface area contributed by atoms with E-state index in [4.69, 9.17) is 20.3 Å². The summed E-state index contributed by atoms with van der Waals surface area (Å²) in [4.78, 5) is 49.8. The first-order chi connectivity index (χ1) is 15.7. The summed E-state index contributed by atoms with van der Waals surface area (Å²) in [6.07, 6.45) is -3.31. The predicted molar refractivity (Wildman–Crippen MR) is 113 cm³/mol. The van der Waals surface area contributed by atoms with Gasteiger partial charge in [0.05, 0.1) is 13.1 Å². The van der Waals surface area contributed by atoms with Gasteiger partial charge in [-0.3, -0.25) is 19.3 Å². The summed E-state index contributed by atoms with van der Waals surface area (Å²) in [5.41, 5.74) is 5.47. The second-order valence-electron chi connectivity index (χ2n) is 9.33. The van der Waals surface area contributed by atoms with Crippen LogP contribution in [-0.4, -0.2) is 75.5 Å².